The summed E-state index contributed by atoms with van der Waals surface area (Å²) in [6.07, 6.45) is 2.36. The van der Waals surface area contributed by atoms with Crippen LogP contribution in [-0.4, -0.2) is 20.8 Å². The summed E-state index contributed by atoms with van der Waals surface area (Å²) < 4.78 is 9.68. The summed E-state index contributed by atoms with van der Waals surface area (Å²) >= 11 is 0. The second-order valence-electron chi connectivity index (χ2n) is 1.67. The van der Waals surface area contributed by atoms with Crippen LogP contribution in [0.3, 0.4) is 0 Å². The summed E-state index contributed by atoms with van der Waals surface area (Å²) in [5.74, 6) is 0. The predicted octanol–water partition coefficient (Wildman–Crippen LogP) is 0.508. The number of hydrogen-bond donors (Lipinski definition) is 1. The van der Waals surface area contributed by atoms with Gasteiger partial charge in [0.05, 0.1) is 0 Å². The van der Waals surface area contributed by atoms with Crippen molar-refractivity contribution in [1.82, 2.24) is 0 Å². The third kappa shape index (κ3) is 4.39. The van der Waals surface area contributed by atoms with Crippen LogP contribution < -0.4 is 5.73 Å². The quantitative estimate of drug-likeness (QED) is 0.592. The molecular weight excluding hydrogens is 118 g/mol. The van der Waals surface area contributed by atoms with Crippen molar-refractivity contribution >= 4 is 0 Å². The van der Waals surface area contributed by atoms with E-state index in [4.69, 9.17) is 15.2 Å². The van der Waals surface area contributed by atoms with Gasteiger partial charge in [0.25, 0.3) is 0 Å². The van der Waals surface area contributed by atoms with E-state index in [1.54, 1.807) is 14.2 Å². The molecule has 0 rings (SSSR count). The Morgan fingerprint density at radius 1 is 1.33 bits per heavy atom. The maximum atomic E-state index is 5.26. The Kier molecular flexibility index (Phi) is 5.93. The zero-order valence-corrected chi connectivity index (χ0v) is 6.02. The Morgan fingerprint density at radius 3 is 2.22 bits per heavy atom. The summed E-state index contributed by atoms with van der Waals surface area (Å²) in [5, 5.41) is 0. The predicted molar refractivity (Wildman–Crippen MR) is 35.5 cm³/mol. The molecule has 1 radical (unpaired) electrons. The van der Waals surface area contributed by atoms with Gasteiger partial charge in [-0.05, 0) is 13.0 Å². The Hall–Kier alpha value is -0.120. The normalized spacial score (nSPS) is 10.7. The van der Waals surface area contributed by atoms with Crippen LogP contribution in [0.4, 0.5) is 0 Å². The van der Waals surface area contributed by atoms with Crippen LogP contribution in [0.25, 0.3) is 0 Å². The lowest BCUT2D eigenvalue weighted by Gasteiger charge is -2.08. The van der Waals surface area contributed by atoms with E-state index in [0.29, 0.717) is 12.8 Å². The molecule has 0 aliphatic rings. The van der Waals surface area contributed by atoms with Crippen molar-refractivity contribution in [2.24, 2.45) is 5.73 Å². The largest absolute Gasteiger partial charge is 0.349 e. The molecule has 3 heteroatoms. The average Bonchev–Trinajstić information content (AvgIpc) is 1.91. The van der Waals surface area contributed by atoms with Gasteiger partial charge in [-0.1, -0.05) is 0 Å². The molecule has 0 aliphatic carbocycles. The van der Waals surface area contributed by atoms with Crippen molar-refractivity contribution in [2.45, 2.75) is 12.8 Å². The second kappa shape index (κ2) is 6.01. The summed E-state index contributed by atoms with van der Waals surface area (Å²) in [5.41, 5.74) is 5.26. The Morgan fingerprint density at radius 2 is 1.89 bits per heavy atom. The first-order valence-electron chi connectivity index (χ1n) is 2.99. The molecule has 0 atom stereocenters. The molecule has 0 unspecified atom stereocenters. The van der Waals surface area contributed by atoms with Gasteiger partial charge in [-0.2, -0.15) is 0 Å². The first kappa shape index (κ1) is 8.88. The van der Waals surface area contributed by atoms with Crippen molar-refractivity contribution in [3.05, 3.63) is 6.29 Å². The molecule has 0 aromatic rings. The maximum Gasteiger partial charge on any atom is 0.223 e. The van der Waals surface area contributed by atoms with Gasteiger partial charge in [-0.15, -0.1) is 0 Å². The van der Waals surface area contributed by atoms with Crippen molar-refractivity contribution in [2.75, 3.05) is 20.8 Å². The van der Waals surface area contributed by atoms with Crippen LogP contribution in [-0.2, 0) is 9.47 Å². The topological polar surface area (TPSA) is 44.5 Å². The van der Waals surface area contributed by atoms with E-state index in [9.17, 15) is 0 Å². The van der Waals surface area contributed by atoms with Gasteiger partial charge >= 0.3 is 0 Å². The van der Waals surface area contributed by atoms with Crippen LogP contribution in [0.5, 0.6) is 0 Å². The Balaban J connectivity index is 3.09. The molecular formula is C6H14NO2. The van der Waals surface area contributed by atoms with Crippen molar-refractivity contribution in [3.63, 3.8) is 0 Å². The fourth-order valence-electron chi connectivity index (χ4n) is 0.534. The van der Waals surface area contributed by atoms with Gasteiger partial charge in [-0.25, -0.2) is 0 Å². The molecule has 0 amide bonds. The molecule has 2 N–H and O–H groups in total. The standard InChI is InChI=1S/C6H14NO2/c1-8-6(9-2)4-3-5-7/h3-5,7H2,1-2H3. The van der Waals surface area contributed by atoms with Gasteiger partial charge in [0.1, 0.15) is 0 Å². The molecule has 55 valence electrons. The van der Waals surface area contributed by atoms with Crippen molar-refractivity contribution in [1.29, 1.82) is 0 Å². The number of nitrogens with two attached hydrogens (primary N) is 1. The Bertz CT molecular complexity index is 55.0. The van der Waals surface area contributed by atoms with Gasteiger partial charge in [-0.3, -0.25) is 0 Å². The van der Waals surface area contributed by atoms with Crippen LogP contribution in [0, 0.1) is 6.29 Å². The number of rotatable bonds is 5. The highest BCUT2D eigenvalue weighted by Gasteiger charge is 2.04. The molecule has 0 aromatic carbocycles. The lowest BCUT2D eigenvalue weighted by Crippen LogP contribution is -2.06. The lowest BCUT2D eigenvalue weighted by atomic mass is 10.3. The minimum Gasteiger partial charge on any atom is -0.349 e. The molecule has 0 bridgehead atoms. The highest BCUT2D eigenvalue weighted by Crippen LogP contribution is 2.08. The monoisotopic (exact) mass is 132 g/mol. The third-order valence-electron chi connectivity index (χ3n) is 1.04. The highest BCUT2D eigenvalue weighted by molar-refractivity contribution is 4.62. The van der Waals surface area contributed by atoms with E-state index in [2.05, 4.69) is 0 Å². The smallest absolute Gasteiger partial charge is 0.223 e. The fraction of sp³-hybridized carbons (Fsp3) is 0.833. The van der Waals surface area contributed by atoms with Crippen LogP contribution in [0.15, 0.2) is 0 Å². The van der Waals surface area contributed by atoms with E-state index in [1.165, 1.54) is 0 Å². The van der Waals surface area contributed by atoms with Gasteiger partial charge in [0, 0.05) is 20.6 Å². The van der Waals surface area contributed by atoms with Crippen LogP contribution in [0.1, 0.15) is 12.8 Å². The maximum absolute atomic E-state index is 5.26. The summed E-state index contributed by atoms with van der Waals surface area (Å²) in [6.45, 7) is 0.677. The van der Waals surface area contributed by atoms with Crippen molar-refractivity contribution < 1.29 is 9.47 Å². The molecule has 0 fully saturated rings. The SMILES string of the molecule is CO[C](CCCN)OC. The van der Waals surface area contributed by atoms with Gasteiger partial charge in [0.15, 0.2) is 0 Å². The first-order chi connectivity index (χ1) is 4.35. The third-order valence-corrected chi connectivity index (χ3v) is 1.04. The number of hydrogen-bond acceptors (Lipinski definition) is 3. The zero-order valence-electron chi connectivity index (χ0n) is 6.02. The first-order valence-corrected chi connectivity index (χ1v) is 2.99. The van der Waals surface area contributed by atoms with E-state index < -0.39 is 0 Å². The summed E-state index contributed by atoms with van der Waals surface area (Å²) in [4.78, 5) is 0. The molecule has 0 saturated carbocycles. The van der Waals surface area contributed by atoms with E-state index in [-0.39, 0.29) is 0 Å². The molecule has 0 aromatic heterocycles. The van der Waals surface area contributed by atoms with Crippen molar-refractivity contribution in [3.8, 4) is 0 Å². The fourth-order valence-corrected chi connectivity index (χ4v) is 0.534. The van der Waals surface area contributed by atoms with Crippen LogP contribution >= 0.6 is 0 Å². The van der Waals surface area contributed by atoms with Gasteiger partial charge < -0.3 is 15.2 Å². The zero-order chi connectivity index (χ0) is 7.11. The molecule has 0 aliphatic heterocycles. The van der Waals surface area contributed by atoms with E-state index in [1.807, 2.05) is 0 Å². The number of ether oxygens (including phenoxy) is 2. The molecule has 0 saturated heterocycles. The lowest BCUT2D eigenvalue weighted by molar-refractivity contribution is -0.00319. The minimum atomic E-state index is 0.653. The summed E-state index contributed by atoms with van der Waals surface area (Å²) in [6, 6.07) is 0. The number of methoxy groups -OCH3 is 2. The Labute approximate surface area is 56.1 Å². The van der Waals surface area contributed by atoms with Crippen LogP contribution in [0.2, 0.25) is 0 Å². The molecule has 3 nitrogen and oxygen atoms in total. The van der Waals surface area contributed by atoms with E-state index >= 15 is 0 Å². The second-order valence-corrected chi connectivity index (χ2v) is 1.67. The van der Waals surface area contributed by atoms with E-state index in [0.717, 1.165) is 12.8 Å². The average molecular weight is 132 g/mol. The molecule has 0 heterocycles. The molecule has 0 spiro atoms. The molecule has 9 heavy (non-hydrogen) atoms. The summed E-state index contributed by atoms with van der Waals surface area (Å²) in [7, 11) is 3.19. The minimum absolute atomic E-state index is 0.653. The highest BCUT2D eigenvalue weighted by atomic mass is 16.7. The van der Waals surface area contributed by atoms with Gasteiger partial charge in [0.2, 0.25) is 6.29 Å².